The molecule has 172 valence electrons. The third-order valence-corrected chi connectivity index (χ3v) is 6.97. The van der Waals surface area contributed by atoms with Crippen LogP contribution in [-0.4, -0.2) is 27.7 Å². The van der Waals surface area contributed by atoms with Crippen LogP contribution in [0.15, 0.2) is 41.6 Å². The summed E-state index contributed by atoms with van der Waals surface area (Å²) in [6.45, 7) is 2.04. The summed E-state index contributed by atoms with van der Waals surface area (Å²) in [6, 6.07) is 10.2. The Kier molecular flexibility index (Phi) is 6.02. The molecule has 0 radical (unpaired) electrons. The smallest absolute Gasteiger partial charge is 0.174 e. The number of halogens is 4. The van der Waals surface area contributed by atoms with E-state index in [2.05, 4.69) is 10.3 Å². The number of fused-ring (bicyclic) bond motifs is 1. The summed E-state index contributed by atoms with van der Waals surface area (Å²) < 4.78 is 22.3. The highest BCUT2D eigenvalue weighted by atomic mass is 35.5. The van der Waals surface area contributed by atoms with Crippen LogP contribution in [0.2, 0.25) is 15.2 Å². The van der Waals surface area contributed by atoms with Gasteiger partial charge in [0.15, 0.2) is 11.4 Å². The van der Waals surface area contributed by atoms with Crippen molar-refractivity contribution < 1.29 is 14.0 Å². The first-order valence-electron chi connectivity index (χ1n) is 10.7. The quantitative estimate of drug-likeness (QED) is 0.380. The predicted octanol–water partition coefficient (Wildman–Crippen LogP) is 6.81. The molecule has 0 bridgehead atoms. The van der Waals surface area contributed by atoms with Crippen LogP contribution in [0.3, 0.4) is 0 Å². The number of hydrogen-bond donors (Lipinski definition) is 0. The van der Waals surface area contributed by atoms with E-state index in [0.717, 1.165) is 48.2 Å². The maximum absolute atomic E-state index is 14.8. The number of aryl methyl sites for hydroxylation is 1. The van der Waals surface area contributed by atoms with E-state index in [-0.39, 0.29) is 17.3 Å². The van der Waals surface area contributed by atoms with E-state index >= 15 is 0 Å². The van der Waals surface area contributed by atoms with Gasteiger partial charge in [-0.15, -0.1) is 0 Å². The molecule has 5 nitrogen and oxygen atoms in total. The van der Waals surface area contributed by atoms with Crippen LogP contribution in [0.4, 0.5) is 4.39 Å². The molecule has 2 heterocycles. The van der Waals surface area contributed by atoms with Gasteiger partial charge in [0.1, 0.15) is 23.2 Å². The highest BCUT2D eigenvalue weighted by molar-refractivity contribution is 6.34. The van der Waals surface area contributed by atoms with Crippen molar-refractivity contribution in [2.75, 3.05) is 6.61 Å². The predicted molar refractivity (Wildman–Crippen MR) is 128 cm³/mol. The summed E-state index contributed by atoms with van der Waals surface area (Å²) >= 11 is 19.1. The Bertz CT molecular complexity index is 1260. The molecule has 1 aromatic heterocycles. The van der Waals surface area contributed by atoms with Crippen molar-refractivity contribution >= 4 is 40.5 Å². The molecule has 1 aliphatic carbocycles. The van der Waals surface area contributed by atoms with Gasteiger partial charge in [0.25, 0.3) is 0 Å². The molecule has 5 rings (SSSR count). The summed E-state index contributed by atoms with van der Waals surface area (Å²) in [4.78, 5) is 5.69. The van der Waals surface area contributed by atoms with Gasteiger partial charge in [-0.2, -0.15) is 5.10 Å². The highest BCUT2D eigenvalue weighted by Gasteiger charge is 2.36. The number of benzene rings is 2. The Morgan fingerprint density at radius 2 is 1.91 bits per heavy atom. The van der Waals surface area contributed by atoms with Gasteiger partial charge in [-0.05, 0) is 44.7 Å². The third kappa shape index (κ3) is 4.32. The van der Waals surface area contributed by atoms with Crippen LogP contribution in [0.1, 0.15) is 43.0 Å². The average Bonchev–Trinajstić information content (AvgIpc) is 3.34. The minimum atomic E-state index is -0.727. The highest BCUT2D eigenvalue weighted by Crippen LogP contribution is 2.36. The Morgan fingerprint density at radius 1 is 1.12 bits per heavy atom. The van der Waals surface area contributed by atoms with Gasteiger partial charge in [0.2, 0.25) is 0 Å². The zero-order valence-electron chi connectivity index (χ0n) is 17.9. The molecule has 0 saturated carbocycles. The molecule has 9 heteroatoms. The lowest BCUT2D eigenvalue weighted by molar-refractivity contribution is -0.0356. The topological polar surface area (TPSA) is 48.6 Å². The fraction of sp³-hybridized carbons (Fsp3) is 0.333. The van der Waals surface area contributed by atoms with Crippen LogP contribution in [0.5, 0.6) is 5.75 Å². The molecule has 0 fully saturated rings. The van der Waals surface area contributed by atoms with E-state index < -0.39 is 11.4 Å². The summed E-state index contributed by atoms with van der Waals surface area (Å²) in [6.07, 6.45) is 4.28. The first kappa shape index (κ1) is 22.5. The fourth-order valence-corrected chi connectivity index (χ4v) is 4.98. The second-order valence-corrected chi connectivity index (χ2v) is 9.77. The summed E-state index contributed by atoms with van der Waals surface area (Å²) in [5.74, 6) is -0.213. The van der Waals surface area contributed by atoms with E-state index in [0.29, 0.717) is 22.3 Å². The van der Waals surface area contributed by atoms with Crippen molar-refractivity contribution in [1.29, 1.82) is 0 Å². The number of hydrogen-bond acceptors (Lipinski definition) is 4. The van der Waals surface area contributed by atoms with Gasteiger partial charge < -0.3 is 9.57 Å². The van der Waals surface area contributed by atoms with Crippen LogP contribution in [-0.2, 0) is 17.7 Å². The lowest BCUT2D eigenvalue weighted by Crippen LogP contribution is -2.33. The molecule has 2 aliphatic rings. The molecule has 0 amide bonds. The van der Waals surface area contributed by atoms with Crippen LogP contribution in [0.25, 0.3) is 5.69 Å². The molecule has 0 N–H and O–H groups in total. The standard InChI is InChI=1S/C24H21Cl3FN3O2/c1-24(12-20(30-33-24)14-6-2-4-8-16(14)25)13-32-22-11-21(18(28)10-17(22)26)31-23(27)15-7-3-5-9-19(15)29-31/h2,4,6,8,10-11H,3,5,7,9,12-13H2,1H3. The third-order valence-electron chi connectivity index (χ3n) is 5.96. The van der Waals surface area contributed by atoms with Gasteiger partial charge in [-0.25, -0.2) is 9.07 Å². The maximum atomic E-state index is 14.8. The number of oxime groups is 1. The molecule has 3 aromatic rings. The molecule has 33 heavy (non-hydrogen) atoms. The van der Waals surface area contributed by atoms with Gasteiger partial charge in [0, 0.05) is 28.6 Å². The number of nitrogens with zero attached hydrogens (tertiary/aromatic N) is 3. The van der Waals surface area contributed by atoms with Crippen LogP contribution in [0, 0.1) is 5.82 Å². The molecular weight excluding hydrogens is 488 g/mol. The Morgan fingerprint density at radius 3 is 2.70 bits per heavy atom. The molecule has 1 atom stereocenters. The molecule has 1 unspecified atom stereocenters. The van der Waals surface area contributed by atoms with Crippen molar-refractivity contribution in [3.8, 4) is 11.4 Å². The van der Waals surface area contributed by atoms with Crippen LogP contribution < -0.4 is 4.74 Å². The van der Waals surface area contributed by atoms with Gasteiger partial charge in [-0.3, -0.25) is 0 Å². The zero-order valence-corrected chi connectivity index (χ0v) is 20.1. The van der Waals surface area contributed by atoms with E-state index in [1.54, 1.807) is 0 Å². The fourth-order valence-electron chi connectivity index (χ4n) is 4.20. The summed E-state index contributed by atoms with van der Waals surface area (Å²) in [5.41, 5.74) is 2.93. The minimum absolute atomic E-state index is 0.151. The minimum Gasteiger partial charge on any atom is -0.488 e. The number of rotatable bonds is 5. The lowest BCUT2D eigenvalue weighted by Gasteiger charge is -2.22. The SMILES string of the molecule is CC1(COc2cc(-n3nc4c(c3Cl)CCCC4)c(F)cc2Cl)CC(c2ccccc2Cl)=NO1. The molecular formula is C24H21Cl3FN3O2. The number of aromatic nitrogens is 2. The maximum Gasteiger partial charge on any atom is 0.174 e. The monoisotopic (exact) mass is 507 g/mol. The van der Waals surface area contributed by atoms with E-state index in [9.17, 15) is 4.39 Å². The van der Waals surface area contributed by atoms with E-state index in [4.69, 9.17) is 44.4 Å². The first-order chi connectivity index (χ1) is 15.8. The molecule has 2 aromatic carbocycles. The normalized spacial score (nSPS) is 19.7. The van der Waals surface area contributed by atoms with Crippen molar-refractivity contribution in [3.05, 3.63) is 74.2 Å². The molecule has 1 aliphatic heterocycles. The average molecular weight is 509 g/mol. The van der Waals surface area contributed by atoms with Crippen molar-refractivity contribution in [2.24, 2.45) is 5.16 Å². The summed E-state index contributed by atoms with van der Waals surface area (Å²) in [7, 11) is 0. The molecule has 0 spiro atoms. The Labute approximate surface area is 206 Å². The van der Waals surface area contributed by atoms with E-state index in [1.807, 2.05) is 31.2 Å². The zero-order chi connectivity index (χ0) is 23.2. The van der Waals surface area contributed by atoms with Crippen molar-refractivity contribution in [2.45, 2.75) is 44.6 Å². The van der Waals surface area contributed by atoms with Gasteiger partial charge in [-0.1, -0.05) is 58.2 Å². The summed E-state index contributed by atoms with van der Waals surface area (Å²) in [5, 5.41) is 9.94. The van der Waals surface area contributed by atoms with Gasteiger partial charge >= 0.3 is 0 Å². The number of ether oxygens (including phenoxy) is 1. The second-order valence-electron chi connectivity index (χ2n) is 8.59. The van der Waals surface area contributed by atoms with Crippen LogP contribution >= 0.6 is 34.8 Å². The molecule has 0 saturated heterocycles. The second kappa shape index (κ2) is 8.82. The van der Waals surface area contributed by atoms with Gasteiger partial charge in [0.05, 0.1) is 16.4 Å². The Hall–Kier alpha value is -2.28. The van der Waals surface area contributed by atoms with E-state index in [1.165, 1.54) is 16.8 Å². The van der Waals surface area contributed by atoms with Crippen molar-refractivity contribution in [1.82, 2.24) is 9.78 Å². The lowest BCUT2D eigenvalue weighted by atomic mass is 9.97. The van der Waals surface area contributed by atoms with Crippen molar-refractivity contribution in [3.63, 3.8) is 0 Å². The largest absolute Gasteiger partial charge is 0.488 e. The Balaban J connectivity index is 1.36. The first-order valence-corrected chi connectivity index (χ1v) is 11.9.